The highest BCUT2D eigenvalue weighted by atomic mass is 28.3. The van der Waals surface area contributed by atoms with Crippen LogP contribution in [0.25, 0.3) is 0 Å². The molecular formula is C33H26N4O10Si. The highest BCUT2D eigenvalue weighted by Gasteiger charge is 2.38. The summed E-state index contributed by atoms with van der Waals surface area (Å²) in [5.74, 6) is 0. The maximum atomic E-state index is 12.2. The van der Waals surface area contributed by atoms with E-state index in [4.69, 9.17) is 8.85 Å². The van der Waals surface area contributed by atoms with Crippen LogP contribution in [0.5, 0.6) is 0 Å². The van der Waals surface area contributed by atoms with Crippen LogP contribution in [0.4, 0.5) is 22.7 Å². The molecule has 5 rings (SSSR count). The smallest absolute Gasteiger partial charge is 0.357 e. The Morgan fingerprint density at radius 1 is 0.458 bits per heavy atom. The van der Waals surface area contributed by atoms with Crippen LogP contribution in [-0.4, -0.2) is 29.0 Å². The minimum absolute atomic E-state index is 0.000539. The Kier molecular flexibility index (Phi) is 10.0. The molecule has 0 saturated carbocycles. The van der Waals surface area contributed by atoms with E-state index in [0.717, 1.165) is 0 Å². The number of rotatable bonds is 13. The van der Waals surface area contributed by atoms with E-state index in [1.165, 1.54) is 97.1 Å². The molecule has 0 radical (unpaired) electrons. The number of nitro groups is 4. The second-order valence-electron chi connectivity index (χ2n) is 10.5. The number of para-hydroxylation sites is 4. The molecule has 0 N–H and O–H groups in total. The highest BCUT2D eigenvalue weighted by Crippen LogP contribution is 2.41. The monoisotopic (exact) mass is 666 g/mol. The molecule has 242 valence electrons. The first kappa shape index (κ1) is 33.2. The fourth-order valence-corrected chi connectivity index (χ4v) is 7.58. The third kappa shape index (κ3) is 6.97. The highest BCUT2D eigenvalue weighted by molar-refractivity contribution is 6.62. The number of hydrogen-bond donors (Lipinski definition) is 0. The molecule has 0 aliphatic heterocycles. The van der Waals surface area contributed by atoms with Gasteiger partial charge in [0.15, 0.2) is 0 Å². The van der Waals surface area contributed by atoms with Gasteiger partial charge in [-0.05, 0) is 41.9 Å². The summed E-state index contributed by atoms with van der Waals surface area (Å²) in [6.45, 7) is 1.76. The van der Waals surface area contributed by atoms with Crippen molar-refractivity contribution in [1.29, 1.82) is 0 Å². The number of aryl methyl sites for hydroxylation is 1. The summed E-state index contributed by atoms with van der Waals surface area (Å²) in [6, 6.07) is 29.5. The Hall–Kier alpha value is -6.16. The van der Waals surface area contributed by atoms with Crippen molar-refractivity contribution in [3.05, 3.63) is 190 Å². The van der Waals surface area contributed by atoms with Crippen molar-refractivity contribution in [3.8, 4) is 0 Å². The molecule has 0 amide bonds. The van der Waals surface area contributed by atoms with E-state index in [-0.39, 0.29) is 45.0 Å². The van der Waals surface area contributed by atoms with Gasteiger partial charge in [0.05, 0.1) is 41.9 Å². The lowest BCUT2D eigenvalue weighted by molar-refractivity contribution is -0.387. The van der Waals surface area contributed by atoms with E-state index in [1.807, 2.05) is 0 Å². The van der Waals surface area contributed by atoms with E-state index >= 15 is 0 Å². The summed E-state index contributed by atoms with van der Waals surface area (Å²) >= 11 is 0. The lowest BCUT2D eigenvalue weighted by Crippen LogP contribution is -2.41. The van der Waals surface area contributed by atoms with Gasteiger partial charge in [0.25, 0.3) is 22.7 Å². The van der Waals surface area contributed by atoms with E-state index in [9.17, 15) is 40.5 Å². The second-order valence-corrected chi connectivity index (χ2v) is 12.3. The van der Waals surface area contributed by atoms with Gasteiger partial charge in [0.2, 0.25) is 0 Å². The van der Waals surface area contributed by atoms with Crippen LogP contribution in [0, 0.1) is 47.4 Å². The predicted octanol–water partition coefficient (Wildman–Crippen LogP) is 6.67. The molecule has 0 fully saturated rings. The van der Waals surface area contributed by atoms with Crippen molar-refractivity contribution in [3.63, 3.8) is 0 Å². The van der Waals surface area contributed by atoms with Gasteiger partial charge >= 0.3 is 9.28 Å². The first-order chi connectivity index (χ1) is 23.1. The fraction of sp³-hybridized carbons (Fsp3) is 0.0909. The lowest BCUT2D eigenvalue weighted by Gasteiger charge is -2.29. The number of nitro benzene ring substituents is 4. The van der Waals surface area contributed by atoms with Crippen molar-refractivity contribution in [1.82, 2.24) is 0 Å². The molecule has 15 heteroatoms. The standard InChI is InChI=1S/C33H26N4O10Si/c1-22-12-2-11-21-31(22)48(46-32(23-13-3-7-17-27(23)34(38)39)24-14-4-8-18-28(24)35(40)41)47-33(25-15-5-9-19-29(25)36(42)43)26-16-6-10-20-30(26)37(44)45/h2-21,32-33,48H,1H3. The lowest BCUT2D eigenvalue weighted by atomic mass is 9.98. The fourth-order valence-electron chi connectivity index (χ4n) is 5.41. The number of nitrogens with zero attached hydrogens (tertiary/aromatic N) is 4. The molecule has 0 saturated heterocycles. The summed E-state index contributed by atoms with van der Waals surface area (Å²) < 4.78 is 13.4. The molecule has 14 nitrogen and oxygen atoms in total. The first-order valence-corrected chi connectivity index (χ1v) is 15.9. The summed E-state index contributed by atoms with van der Waals surface area (Å²) in [5, 5.41) is 49.3. The van der Waals surface area contributed by atoms with Crippen molar-refractivity contribution >= 4 is 37.2 Å². The van der Waals surface area contributed by atoms with Crippen LogP contribution in [-0.2, 0) is 8.85 Å². The van der Waals surface area contributed by atoms with E-state index < -0.39 is 41.2 Å². The van der Waals surface area contributed by atoms with Crippen molar-refractivity contribution < 1.29 is 28.5 Å². The normalized spacial score (nSPS) is 11.2. The minimum atomic E-state index is -3.52. The van der Waals surface area contributed by atoms with Crippen molar-refractivity contribution in [2.24, 2.45) is 0 Å². The summed E-state index contributed by atoms with van der Waals surface area (Å²) in [4.78, 5) is 46.3. The molecule has 5 aromatic rings. The molecular weight excluding hydrogens is 640 g/mol. The molecule has 0 aliphatic rings. The largest absolute Gasteiger partial charge is 0.381 e. The first-order valence-electron chi connectivity index (χ1n) is 14.4. The van der Waals surface area contributed by atoms with E-state index in [0.29, 0.717) is 10.8 Å². The Bertz CT molecular complexity index is 1790. The maximum Gasteiger partial charge on any atom is 0.357 e. The third-order valence-electron chi connectivity index (χ3n) is 7.63. The van der Waals surface area contributed by atoms with Gasteiger partial charge in [0.1, 0.15) is 12.2 Å². The maximum absolute atomic E-state index is 12.2. The molecule has 0 aliphatic carbocycles. The number of hydrogen-bond acceptors (Lipinski definition) is 10. The summed E-state index contributed by atoms with van der Waals surface area (Å²) in [7, 11) is -3.52. The topological polar surface area (TPSA) is 191 Å². The zero-order valence-electron chi connectivity index (χ0n) is 25.2. The average molecular weight is 667 g/mol. The predicted molar refractivity (Wildman–Crippen MR) is 176 cm³/mol. The van der Waals surface area contributed by atoms with E-state index in [1.54, 1.807) is 31.2 Å². The molecule has 0 bridgehead atoms. The van der Waals surface area contributed by atoms with Crippen LogP contribution in [0.2, 0.25) is 0 Å². The molecule has 5 aromatic carbocycles. The van der Waals surface area contributed by atoms with Crippen LogP contribution in [0.1, 0.15) is 40.0 Å². The molecule has 0 heterocycles. The average Bonchev–Trinajstić information content (AvgIpc) is 3.09. The Morgan fingerprint density at radius 3 is 1.02 bits per heavy atom. The van der Waals surface area contributed by atoms with Gasteiger partial charge in [-0.1, -0.05) is 72.8 Å². The summed E-state index contributed by atoms with van der Waals surface area (Å²) in [6.07, 6.45) is -2.86. The Morgan fingerprint density at radius 2 is 0.729 bits per heavy atom. The second kappa shape index (κ2) is 14.5. The van der Waals surface area contributed by atoms with E-state index in [2.05, 4.69) is 0 Å². The molecule has 0 spiro atoms. The molecule has 0 aromatic heterocycles. The van der Waals surface area contributed by atoms with Crippen molar-refractivity contribution in [2.75, 3.05) is 0 Å². The minimum Gasteiger partial charge on any atom is -0.381 e. The van der Waals surface area contributed by atoms with Gasteiger partial charge in [0, 0.05) is 24.3 Å². The Labute approximate surface area is 274 Å². The van der Waals surface area contributed by atoms with Gasteiger partial charge in [-0.2, -0.15) is 0 Å². The zero-order valence-corrected chi connectivity index (χ0v) is 26.3. The Balaban J connectivity index is 1.77. The molecule has 0 atom stereocenters. The number of benzene rings is 5. The van der Waals surface area contributed by atoms with Gasteiger partial charge in [-0.3, -0.25) is 40.5 Å². The van der Waals surface area contributed by atoms with Crippen LogP contribution < -0.4 is 5.19 Å². The molecule has 0 unspecified atom stereocenters. The zero-order chi connectivity index (χ0) is 34.4. The summed E-state index contributed by atoms with van der Waals surface area (Å²) in [5.41, 5.74) is -0.807. The SMILES string of the molecule is Cc1ccccc1[SiH](OC(c1ccccc1[N+](=O)[O-])c1ccccc1[N+](=O)[O-])OC(c1ccccc1[N+](=O)[O-])c1ccccc1[N+](=O)[O-]. The van der Waals surface area contributed by atoms with Crippen LogP contribution in [0.3, 0.4) is 0 Å². The quantitative estimate of drug-likeness (QED) is 0.0745. The van der Waals surface area contributed by atoms with Gasteiger partial charge < -0.3 is 8.85 Å². The third-order valence-corrected chi connectivity index (χ3v) is 9.82. The van der Waals surface area contributed by atoms with Gasteiger partial charge in [-0.25, -0.2) is 0 Å². The van der Waals surface area contributed by atoms with Gasteiger partial charge in [-0.15, -0.1) is 0 Å². The van der Waals surface area contributed by atoms with Crippen LogP contribution >= 0.6 is 0 Å². The van der Waals surface area contributed by atoms with Crippen molar-refractivity contribution in [2.45, 2.75) is 19.1 Å². The van der Waals surface area contributed by atoms with Crippen LogP contribution in [0.15, 0.2) is 121 Å². The molecule has 48 heavy (non-hydrogen) atoms.